The van der Waals surface area contributed by atoms with Gasteiger partial charge in [0.2, 0.25) is 0 Å². The van der Waals surface area contributed by atoms with E-state index in [0.717, 1.165) is 25.3 Å². The third-order valence-corrected chi connectivity index (χ3v) is 4.36. The summed E-state index contributed by atoms with van der Waals surface area (Å²) in [6, 6.07) is 1.94. The first-order valence-corrected chi connectivity index (χ1v) is 8.90. The van der Waals surface area contributed by atoms with Crippen LogP contribution in [0.4, 0.5) is 0 Å². The van der Waals surface area contributed by atoms with E-state index in [0.29, 0.717) is 18.2 Å². The molecule has 1 fully saturated rings. The molecule has 1 aliphatic rings. The topological polar surface area (TPSA) is 50.2 Å². The molecular formula is C18H32N4O. The number of piperidine rings is 1. The van der Waals surface area contributed by atoms with Gasteiger partial charge in [0, 0.05) is 18.8 Å². The fourth-order valence-electron chi connectivity index (χ4n) is 3.06. The van der Waals surface area contributed by atoms with E-state index >= 15 is 0 Å². The second-order valence-electron chi connectivity index (χ2n) is 7.85. The number of hydrogen-bond donors (Lipinski definition) is 1. The number of amides is 1. The van der Waals surface area contributed by atoms with Crippen LogP contribution in [0.1, 0.15) is 76.0 Å². The standard InChI is InChI=1S/C18H32N4O/c1-14(2)16-13-15(20-22(16)18(3,4)5)17(23)19-9-12-21-10-7-6-8-11-21/h13-14H,6-12H2,1-5H3,(H,19,23). The molecule has 1 aromatic heterocycles. The summed E-state index contributed by atoms with van der Waals surface area (Å²) in [4.78, 5) is 14.8. The van der Waals surface area contributed by atoms with Gasteiger partial charge in [0.05, 0.1) is 5.54 Å². The largest absolute Gasteiger partial charge is 0.349 e. The summed E-state index contributed by atoms with van der Waals surface area (Å²) < 4.78 is 1.98. The van der Waals surface area contributed by atoms with Crippen molar-refractivity contribution in [3.63, 3.8) is 0 Å². The Morgan fingerprint density at radius 2 is 1.91 bits per heavy atom. The van der Waals surface area contributed by atoms with E-state index in [1.165, 1.54) is 19.3 Å². The van der Waals surface area contributed by atoms with E-state index in [1.807, 2.05) is 10.7 Å². The number of rotatable bonds is 5. The summed E-state index contributed by atoms with van der Waals surface area (Å²) in [5, 5.41) is 7.58. The van der Waals surface area contributed by atoms with E-state index in [2.05, 4.69) is 49.9 Å². The zero-order valence-electron chi connectivity index (χ0n) is 15.4. The molecule has 0 radical (unpaired) electrons. The molecule has 1 aromatic rings. The number of carbonyl (C=O) groups is 1. The second kappa shape index (κ2) is 7.47. The summed E-state index contributed by atoms with van der Waals surface area (Å²) in [6.07, 6.45) is 3.90. The minimum Gasteiger partial charge on any atom is -0.349 e. The van der Waals surface area contributed by atoms with E-state index in [1.54, 1.807) is 0 Å². The Labute approximate surface area is 140 Å². The lowest BCUT2D eigenvalue weighted by Gasteiger charge is -2.26. The monoisotopic (exact) mass is 320 g/mol. The lowest BCUT2D eigenvalue weighted by atomic mass is 10.1. The molecule has 0 bridgehead atoms. The van der Waals surface area contributed by atoms with Crippen LogP contribution in [0.3, 0.4) is 0 Å². The SMILES string of the molecule is CC(C)c1cc(C(=O)NCCN2CCCCC2)nn1C(C)(C)C. The van der Waals surface area contributed by atoms with Gasteiger partial charge in [0.25, 0.3) is 5.91 Å². The predicted molar refractivity (Wildman–Crippen MR) is 93.9 cm³/mol. The molecule has 0 spiro atoms. The molecule has 2 rings (SSSR count). The third kappa shape index (κ3) is 4.80. The average Bonchev–Trinajstić information content (AvgIpc) is 2.94. The quantitative estimate of drug-likeness (QED) is 0.907. The maximum absolute atomic E-state index is 12.4. The van der Waals surface area contributed by atoms with Crippen LogP contribution in [0.5, 0.6) is 0 Å². The van der Waals surface area contributed by atoms with Gasteiger partial charge in [-0.25, -0.2) is 0 Å². The molecule has 0 aromatic carbocycles. The van der Waals surface area contributed by atoms with Crippen LogP contribution >= 0.6 is 0 Å². The van der Waals surface area contributed by atoms with Gasteiger partial charge in [-0.1, -0.05) is 20.3 Å². The molecule has 5 heteroatoms. The molecule has 5 nitrogen and oxygen atoms in total. The third-order valence-electron chi connectivity index (χ3n) is 4.36. The Kier molecular flexibility index (Phi) is 5.84. The van der Waals surface area contributed by atoms with Crippen LogP contribution in [0.15, 0.2) is 6.07 Å². The van der Waals surface area contributed by atoms with Crippen molar-refractivity contribution in [2.75, 3.05) is 26.2 Å². The highest BCUT2D eigenvalue weighted by Crippen LogP contribution is 2.23. The van der Waals surface area contributed by atoms with Gasteiger partial charge in [-0.05, 0) is 58.7 Å². The van der Waals surface area contributed by atoms with Crippen molar-refractivity contribution in [2.45, 2.75) is 65.3 Å². The lowest BCUT2D eigenvalue weighted by Crippen LogP contribution is -2.37. The van der Waals surface area contributed by atoms with E-state index in [-0.39, 0.29) is 11.4 Å². The molecule has 1 amide bonds. The zero-order chi connectivity index (χ0) is 17.0. The van der Waals surface area contributed by atoms with Crippen molar-refractivity contribution >= 4 is 5.91 Å². The van der Waals surface area contributed by atoms with Gasteiger partial charge in [-0.3, -0.25) is 9.48 Å². The normalized spacial score (nSPS) is 16.8. The molecular weight excluding hydrogens is 288 g/mol. The van der Waals surface area contributed by atoms with Gasteiger partial charge in [0.1, 0.15) is 5.69 Å². The van der Waals surface area contributed by atoms with Gasteiger partial charge in [-0.2, -0.15) is 5.10 Å². The van der Waals surface area contributed by atoms with Crippen LogP contribution in [0, 0.1) is 0 Å². The van der Waals surface area contributed by atoms with Crippen LogP contribution in [-0.4, -0.2) is 46.8 Å². The van der Waals surface area contributed by atoms with Crippen LogP contribution in [0.25, 0.3) is 0 Å². The first kappa shape index (κ1) is 18.0. The van der Waals surface area contributed by atoms with Crippen molar-refractivity contribution in [1.29, 1.82) is 0 Å². The van der Waals surface area contributed by atoms with Gasteiger partial charge < -0.3 is 10.2 Å². The fraction of sp³-hybridized carbons (Fsp3) is 0.778. The average molecular weight is 320 g/mol. The Balaban J connectivity index is 1.96. The summed E-state index contributed by atoms with van der Waals surface area (Å²) in [5.41, 5.74) is 1.52. The fourth-order valence-corrected chi connectivity index (χ4v) is 3.06. The van der Waals surface area contributed by atoms with Crippen molar-refractivity contribution in [1.82, 2.24) is 20.0 Å². The second-order valence-corrected chi connectivity index (χ2v) is 7.85. The maximum Gasteiger partial charge on any atom is 0.271 e. The summed E-state index contributed by atoms with van der Waals surface area (Å²) in [6.45, 7) is 14.6. The number of hydrogen-bond acceptors (Lipinski definition) is 3. The maximum atomic E-state index is 12.4. The Morgan fingerprint density at radius 3 is 2.43 bits per heavy atom. The van der Waals surface area contributed by atoms with Crippen LogP contribution in [-0.2, 0) is 5.54 Å². The van der Waals surface area contributed by atoms with E-state index < -0.39 is 0 Å². The molecule has 0 saturated carbocycles. The highest BCUT2D eigenvalue weighted by molar-refractivity contribution is 5.92. The minimum atomic E-state index is -0.119. The van der Waals surface area contributed by atoms with E-state index in [4.69, 9.17) is 0 Å². The molecule has 130 valence electrons. The summed E-state index contributed by atoms with van der Waals surface area (Å²) >= 11 is 0. The highest BCUT2D eigenvalue weighted by atomic mass is 16.1. The summed E-state index contributed by atoms with van der Waals surface area (Å²) in [7, 11) is 0. The molecule has 2 heterocycles. The molecule has 0 aliphatic carbocycles. The smallest absolute Gasteiger partial charge is 0.271 e. The first-order chi connectivity index (χ1) is 10.8. The first-order valence-electron chi connectivity index (χ1n) is 8.90. The van der Waals surface area contributed by atoms with Crippen molar-refractivity contribution in [2.24, 2.45) is 0 Å². The minimum absolute atomic E-state index is 0.0630. The van der Waals surface area contributed by atoms with Crippen molar-refractivity contribution in [3.05, 3.63) is 17.5 Å². The van der Waals surface area contributed by atoms with Crippen LogP contribution < -0.4 is 5.32 Å². The van der Waals surface area contributed by atoms with Gasteiger partial charge in [0.15, 0.2) is 0 Å². The van der Waals surface area contributed by atoms with Crippen molar-refractivity contribution in [3.8, 4) is 0 Å². The number of nitrogens with one attached hydrogen (secondary N) is 1. The number of nitrogens with zero attached hydrogens (tertiary/aromatic N) is 3. The van der Waals surface area contributed by atoms with E-state index in [9.17, 15) is 4.79 Å². The molecule has 1 saturated heterocycles. The Hall–Kier alpha value is -1.36. The van der Waals surface area contributed by atoms with Gasteiger partial charge >= 0.3 is 0 Å². The zero-order valence-corrected chi connectivity index (χ0v) is 15.4. The predicted octanol–water partition coefficient (Wildman–Crippen LogP) is 2.98. The van der Waals surface area contributed by atoms with Crippen molar-refractivity contribution < 1.29 is 4.79 Å². The summed E-state index contributed by atoms with van der Waals surface area (Å²) in [5.74, 6) is 0.281. The number of likely N-dealkylation sites (tertiary alicyclic amines) is 1. The number of carbonyl (C=O) groups excluding carboxylic acids is 1. The molecule has 0 atom stereocenters. The van der Waals surface area contributed by atoms with Crippen LogP contribution in [0.2, 0.25) is 0 Å². The Morgan fingerprint density at radius 1 is 1.26 bits per heavy atom. The highest BCUT2D eigenvalue weighted by Gasteiger charge is 2.23. The molecule has 1 aliphatic heterocycles. The van der Waals surface area contributed by atoms with Gasteiger partial charge in [-0.15, -0.1) is 0 Å². The Bertz CT molecular complexity index is 522. The molecule has 1 N–H and O–H groups in total. The molecule has 0 unspecified atom stereocenters. The number of aromatic nitrogens is 2. The molecule has 23 heavy (non-hydrogen) atoms. The lowest BCUT2D eigenvalue weighted by molar-refractivity contribution is 0.0940.